The Morgan fingerprint density at radius 2 is 1.74 bits per heavy atom. The molecule has 0 unspecified atom stereocenters. The highest BCUT2D eigenvalue weighted by Crippen LogP contribution is 2.22. The second kappa shape index (κ2) is 8.71. The molecule has 7 heteroatoms. The topological polar surface area (TPSA) is 81.5 Å². The van der Waals surface area contributed by atoms with Crippen LogP contribution >= 0.6 is 0 Å². The van der Waals surface area contributed by atoms with Crippen LogP contribution < -0.4 is 5.56 Å². The number of benzene rings is 2. The summed E-state index contributed by atoms with van der Waals surface area (Å²) in [6.07, 6.45) is 1.22. The number of aromatic nitrogens is 2. The summed E-state index contributed by atoms with van der Waals surface area (Å²) in [7, 11) is 1.73. The molecule has 0 saturated carbocycles. The smallest absolute Gasteiger partial charge is 0.309 e. The molecule has 1 fully saturated rings. The first-order valence-corrected chi connectivity index (χ1v) is 10.5. The van der Waals surface area contributed by atoms with Gasteiger partial charge in [0, 0.05) is 31.3 Å². The van der Waals surface area contributed by atoms with E-state index in [2.05, 4.69) is 4.98 Å². The first-order chi connectivity index (χ1) is 15.0. The highest BCUT2D eigenvalue weighted by Gasteiger charge is 2.28. The molecule has 1 aromatic heterocycles. The summed E-state index contributed by atoms with van der Waals surface area (Å²) in [5.41, 5.74) is 2.91. The fraction of sp³-hybridized carbons (Fsp3) is 0.333. The lowest BCUT2D eigenvalue weighted by atomic mass is 9.96. The lowest BCUT2D eigenvalue weighted by Gasteiger charge is -2.31. The van der Waals surface area contributed by atoms with E-state index >= 15 is 0 Å². The Bertz CT molecular complexity index is 1180. The van der Waals surface area contributed by atoms with Gasteiger partial charge in [-0.05, 0) is 44.0 Å². The molecule has 1 amide bonds. The molecule has 0 bridgehead atoms. The van der Waals surface area contributed by atoms with Gasteiger partial charge >= 0.3 is 5.97 Å². The van der Waals surface area contributed by atoms with E-state index in [1.165, 1.54) is 0 Å². The number of hydrogen-bond acceptors (Lipinski definition) is 5. The molecule has 0 N–H and O–H groups in total. The summed E-state index contributed by atoms with van der Waals surface area (Å²) in [5, 5.41) is 0. The molecule has 3 aromatic rings. The molecule has 7 nitrogen and oxygen atoms in total. The van der Waals surface area contributed by atoms with Crippen LogP contribution in [0.5, 0.6) is 0 Å². The van der Waals surface area contributed by atoms with Crippen molar-refractivity contribution in [3.05, 3.63) is 64.4 Å². The number of nitrogens with zero attached hydrogens (tertiary/aromatic N) is 3. The lowest BCUT2D eigenvalue weighted by molar-refractivity contribution is -0.149. The van der Waals surface area contributed by atoms with E-state index in [-0.39, 0.29) is 23.4 Å². The number of likely N-dealkylation sites (tertiary alicyclic amines) is 1. The number of amides is 1. The van der Waals surface area contributed by atoms with E-state index < -0.39 is 0 Å². The van der Waals surface area contributed by atoms with Crippen molar-refractivity contribution in [2.45, 2.75) is 19.8 Å². The average molecular weight is 419 g/mol. The summed E-state index contributed by atoms with van der Waals surface area (Å²) in [6, 6.07) is 14.5. The third-order valence-corrected chi connectivity index (χ3v) is 5.79. The van der Waals surface area contributed by atoms with E-state index in [4.69, 9.17) is 4.74 Å². The van der Waals surface area contributed by atoms with Gasteiger partial charge in [-0.1, -0.05) is 24.3 Å². The van der Waals surface area contributed by atoms with Gasteiger partial charge in [-0.25, -0.2) is 4.98 Å². The molecule has 4 rings (SSSR count). The number of carbonyl (C=O) groups is 2. The number of esters is 1. The Kier molecular flexibility index (Phi) is 5.84. The van der Waals surface area contributed by atoms with Gasteiger partial charge in [-0.3, -0.25) is 14.4 Å². The van der Waals surface area contributed by atoms with E-state index in [1.807, 2.05) is 24.3 Å². The molecule has 160 valence electrons. The van der Waals surface area contributed by atoms with E-state index in [9.17, 15) is 14.4 Å². The zero-order valence-electron chi connectivity index (χ0n) is 17.7. The minimum Gasteiger partial charge on any atom is -0.466 e. The van der Waals surface area contributed by atoms with E-state index in [1.54, 1.807) is 47.7 Å². The first-order valence-electron chi connectivity index (χ1n) is 10.5. The van der Waals surface area contributed by atoms with Gasteiger partial charge in [-0.15, -0.1) is 0 Å². The number of ether oxygens (including phenoxy) is 1. The largest absolute Gasteiger partial charge is 0.466 e. The molecule has 31 heavy (non-hydrogen) atoms. The number of rotatable bonds is 4. The van der Waals surface area contributed by atoms with Crippen molar-refractivity contribution in [3.8, 4) is 11.3 Å². The standard InChI is InChI=1S/C24H25N3O4/c1-3-31-24(30)18-12-14-27(15-13-18)22(28)17-10-8-16(9-11-17)21-23(29)26(2)20-7-5-4-6-19(20)25-21/h4-11,18H,3,12-15H2,1-2H3. The van der Waals surface area contributed by atoms with Gasteiger partial charge in [-0.2, -0.15) is 0 Å². The van der Waals surface area contributed by atoms with Gasteiger partial charge in [0.25, 0.3) is 11.5 Å². The van der Waals surface area contributed by atoms with Gasteiger partial charge in [0.05, 0.1) is 23.6 Å². The Balaban J connectivity index is 1.51. The van der Waals surface area contributed by atoms with Crippen LogP contribution in [-0.2, 0) is 16.6 Å². The summed E-state index contributed by atoms with van der Waals surface area (Å²) < 4.78 is 6.67. The molecule has 1 saturated heterocycles. The van der Waals surface area contributed by atoms with Crippen molar-refractivity contribution in [1.82, 2.24) is 14.5 Å². The number of aryl methyl sites for hydroxylation is 1. The number of carbonyl (C=O) groups excluding carboxylic acids is 2. The highest BCUT2D eigenvalue weighted by molar-refractivity contribution is 5.95. The second-order valence-electron chi connectivity index (χ2n) is 7.71. The van der Waals surface area contributed by atoms with E-state index in [0.717, 1.165) is 11.0 Å². The normalized spacial score (nSPS) is 14.6. The minimum absolute atomic E-state index is 0.0757. The minimum atomic E-state index is -0.182. The molecule has 2 heterocycles. The molecule has 0 aliphatic carbocycles. The van der Waals surface area contributed by atoms with Crippen LogP contribution in [0.1, 0.15) is 30.1 Å². The molecule has 1 aliphatic rings. The Hall–Kier alpha value is -3.48. The molecule has 0 radical (unpaired) electrons. The monoisotopic (exact) mass is 419 g/mol. The predicted molar refractivity (Wildman–Crippen MR) is 118 cm³/mol. The van der Waals surface area contributed by atoms with Crippen molar-refractivity contribution in [1.29, 1.82) is 0 Å². The van der Waals surface area contributed by atoms with Gasteiger partial charge < -0.3 is 14.2 Å². The highest BCUT2D eigenvalue weighted by atomic mass is 16.5. The average Bonchev–Trinajstić information content (AvgIpc) is 2.81. The van der Waals surface area contributed by atoms with Crippen LogP contribution in [0.15, 0.2) is 53.3 Å². The third kappa shape index (κ3) is 4.08. The molecule has 1 aliphatic heterocycles. The molecule has 0 atom stereocenters. The maximum absolute atomic E-state index is 12.9. The number of para-hydroxylation sites is 2. The van der Waals surface area contributed by atoms with Gasteiger partial charge in [0.2, 0.25) is 0 Å². The Morgan fingerprint density at radius 1 is 1.06 bits per heavy atom. The molecule has 0 spiro atoms. The molecular weight excluding hydrogens is 394 g/mol. The van der Waals surface area contributed by atoms with Gasteiger partial charge in [0.15, 0.2) is 0 Å². The van der Waals surface area contributed by atoms with Crippen molar-refractivity contribution in [3.63, 3.8) is 0 Å². The second-order valence-corrected chi connectivity index (χ2v) is 7.71. The molecular formula is C24H25N3O4. The summed E-state index contributed by atoms with van der Waals surface area (Å²) in [5.74, 6) is -0.391. The SMILES string of the molecule is CCOC(=O)C1CCN(C(=O)c2ccc(-c3nc4ccccc4n(C)c3=O)cc2)CC1. The predicted octanol–water partition coefficient (Wildman–Crippen LogP) is 3.02. The lowest BCUT2D eigenvalue weighted by Crippen LogP contribution is -2.40. The fourth-order valence-corrected chi connectivity index (χ4v) is 4.00. The van der Waals surface area contributed by atoms with Crippen LogP contribution in [-0.4, -0.2) is 46.0 Å². The van der Waals surface area contributed by atoms with E-state index in [0.29, 0.717) is 49.4 Å². The number of hydrogen-bond donors (Lipinski definition) is 0. The van der Waals surface area contributed by atoms with Crippen molar-refractivity contribution < 1.29 is 14.3 Å². The summed E-state index contributed by atoms with van der Waals surface area (Å²) in [4.78, 5) is 43.8. The number of fused-ring (bicyclic) bond motifs is 1. The number of piperidine rings is 1. The van der Waals surface area contributed by atoms with Gasteiger partial charge in [0.1, 0.15) is 5.69 Å². The zero-order valence-corrected chi connectivity index (χ0v) is 17.7. The summed E-state index contributed by atoms with van der Waals surface area (Å²) >= 11 is 0. The zero-order chi connectivity index (χ0) is 22.0. The van der Waals surface area contributed by atoms with Crippen molar-refractivity contribution in [2.75, 3.05) is 19.7 Å². The molecule has 2 aromatic carbocycles. The van der Waals surface area contributed by atoms with Crippen LogP contribution in [0.3, 0.4) is 0 Å². The quantitative estimate of drug-likeness (QED) is 0.607. The Morgan fingerprint density at radius 3 is 2.42 bits per heavy atom. The van der Waals surface area contributed by atoms with Crippen LogP contribution in [0, 0.1) is 5.92 Å². The van der Waals surface area contributed by atoms with Crippen LogP contribution in [0.4, 0.5) is 0 Å². The maximum Gasteiger partial charge on any atom is 0.309 e. The van der Waals surface area contributed by atoms with Crippen molar-refractivity contribution in [2.24, 2.45) is 13.0 Å². The van der Waals surface area contributed by atoms with Crippen molar-refractivity contribution >= 4 is 22.9 Å². The summed E-state index contributed by atoms with van der Waals surface area (Å²) in [6.45, 7) is 3.22. The van der Waals surface area contributed by atoms with Crippen LogP contribution in [0.25, 0.3) is 22.3 Å². The Labute approximate surface area is 180 Å². The maximum atomic E-state index is 12.9. The van der Waals surface area contributed by atoms with Crippen LogP contribution in [0.2, 0.25) is 0 Å². The third-order valence-electron chi connectivity index (χ3n) is 5.79. The first kappa shape index (κ1) is 20.8. The fourth-order valence-electron chi connectivity index (χ4n) is 4.00.